The van der Waals surface area contributed by atoms with E-state index in [0.29, 0.717) is 19.8 Å². The molecule has 3 heteroatoms. The summed E-state index contributed by atoms with van der Waals surface area (Å²) < 4.78 is 5.30. The fourth-order valence-corrected chi connectivity index (χ4v) is 1.59. The van der Waals surface area contributed by atoms with E-state index >= 15 is 0 Å². The van der Waals surface area contributed by atoms with Crippen molar-refractivity contribution in [1.29, 1.82) is 0 Å². The summed E-state index contributed by atoms with van der Waals surface area (Å²) in [6, 6.07) is 8.17. The normalized spacial score (nSPS) is 10.7. The maximum Gasteiger partial charge on any atom is 0.244 e. The maximum atomic E-state index is 11.6. The van der Waals surface area contributed by atoms with Gasteiger partial charge >= 0.3 is 0 Å². The number of hydrogen-bond acceptors (Lipinski definition) is 2. The summed E-state index contributed by atoms with van der Waals surface area (Å²) in [5.74, 6) is -0.108. The molecular weight excluding hydrogens is 250 g/mol. The van der Waals surface area contributed by atoms with Gasteiger partial charge < -0.3 is 10.1 Å². The smallest absolute Gasteiger partial charge is 0.244 e. The lowest BCUT2D eigenvalue weighted by atomic mass is 10.1. The quantitative estimate of drug-likeness (QED) is 0.449. The Labute approximate surface area is 121 Å². The van der Waals surface area contributed by atoms with E-state index in [1.807, 2.05) is 25.1 Å². The lowest BCUT2D eigenvalue weighted by Gasteiger charge is -2.04. The highest BCUT2D eigenvalue weighted by Crippen LogP contribution is 2.06. The Hall–Kier alpha value is -1.87. The topological polar surface area (TPSA) is 38.3 Å². The van der Waals surface area contributed by atoms with Gasteiger partial charge in [0.1, 0.15) is 0 Å². The predicted octanol–water partition coefficient (Wildman–Crippen LogP) is 2.97. The lowest BCUT2D eigenvalue weighted by Crippen LogP contribution is -2.25. The predicted molar refractivity (Wildman–Crippen MR) is 83.5 cm³/mol. The van der Waals surface area contributed by atoms with Crippen LogP contribution in [-0.4, -0.2) is 25.7 Å². The van der Waals surface area contributed by atoms with Gasteiger partial charge in [-0.2, -0.15) is 0 Å². The second kappa shape index (κ2) is 9.10. The summed E-state index contributed by atoms with van der Waals surface area (Å²) in [6.07, 6.45) is 4.37. The lowest BCUT2D eigenvalue weighted by molar-refractivity contribution is -0.116. The van der Waals surface area contributed by atoms with Crippen LogP contribution in [0.1, 0.15) is 25.0 Å². The Balaban J connectivity index is 2.26. The molecule has 0 unspecified atom stereocenters. The minimum absolute atomic E-state index is 0.108. The van der Waals surface area contributed by atoms with Crippen molar-refractivity contribution in [3.63, 3.8) is 0 Å². The molecule has 0 fully saturated rings. The third-order valence-corrected chi connectivity index (χ3v) is 2.71. The van der Waals surface area contributed by atoms with Crippen molar-refractivity contribution in [1.82, 2.24) is 5.32 Å². The van der Waals surface area contributed by atoms with Crippen LogP contribution >= 0.6 is 0 Å². The molecule has 1 rings (SSSR count). The molecular formula is C17H23NO2. The molecule has 0 aliphatic heterocycles. The Kier molecular flexibility index (Phi) is 7.36. The Morgan fingerprint density at radius 2 is 2.05 bits per heavy atom. The first-order valence-electron chi connectivity index (χ1n) is 6.88. The fraction of sp³-hybridized carbons (Fsp3) is 0.353. The monoisotopic (exact) mass is 273 g/mol. The second-order valence-electron chi connectivity index (χ2n) is 4.73. The van der Waals surface area contributed by atoms with Gasteiger partial charge in [-0.1, -0.05) is 43.3 Å². The number of ether oxygens (including phenoxy) is 1. The van der Waals surface area contributed by atoms with Gasteiger partial charge in [0.05, 0.1) is 13.2 Å². The molecule has 0 aromatic heterocycles. The van der Waals surface area contributed by atoms with Crippen LogP contribution < -0.4 is 5.32 Å². The van der Waals surface area contributed by atoms with E-state index in [1.165, 1.54) is 5.56 Å². The number of amides is 1. The van der Waals surface area contributed by atoms with E-state index in [1.54, 1.807) is 6.08 Å². The molecule has 1 N–H and O–H groups in total. The minimum atomic E-state index is -0.108. The highest BCUT2D eigenvalue weighted by Gasteiger charge is 1.95. The molecule has 0 saturated heterocycles. The van der Waals surface area contributed by atoms with Crippen LogP contribution in [-0.2, 0) is 16.0 Å². The molecule has 0 aliphatic carbocycles. The van der Waals surface area contributed by atoms with Gasteiger partial charge in [-0.25, -0.2) is 0 Å². The number of hydrogen-bond donors (Lipinski definition) is 1. The molecule has 0 radical (unpaired) electrons. The minimum Gasteiger partial charge on any atom is -0.375 e. The van der Waals surface area contributed by atoms with E-state index < -0.39 is 0 Å². The van der Waals surface area contributed by atoms with Gasteiger partial charge in [-0.05, 0) is 30.5 Å². The van der Waals surface area contributed by atoms with Gasteiger partial charge in [0, 0.05) is 12.6 Å². The van der Waals surface area contributed by atoms with Crippen LogP contribution in [0, 0.1) is 0 Å². The Bertz CT molecular complexity index is 460. The number of nitrogens with one attached hydrogen (secondary N) is 1. The van der Waals surface area contributed by atoms with Gasteiger partial charge in [-0.3, -0.25) is 4.79 Å². The molecule has 0 aliphatic rings. The molecule has 0 heterocycles. The molecule has 1 amide bonds. The van der Waals surface area contributed by atoms with E-state index in [0.717, 1.165) is 17.6 Å². The average molecular weight is 273 g/mol. The molecule has 0 bridgehead atoms. The van der Waals surface area contributed by atoms with Crippen LogP contribution in [0.25, 0.3) is 6.08 Å². The molecule has 3 nitrogen and oxygen atoms in total. The highest BCUT2D eigenvalue weighted by atomic mass is 16.5. The Morgan fingerprint density at radius 1 is 1.35 bits per heavy atom. The zero-order valence-electron chi connectivity index (χ0n) is 12.3. The first-order chi connectivity index (χ1) is 9.61. The SMILES string of the molecule is C=C(C)COCCNC(=O)/C=C/c1ccc(CC)cc1. The van der Waals surface area contributed by atoms with Gasteiger partial charge in [0.15, 0.2) is 0 Å². The summed E-state index contributed by atoms with van der Waals surface area (Å²) in [4.78, 5) is 11.6. The largest absolute Gasteiger partial charge is 0.375 e. The van der Waals surface area contributed by atoms with Crippen LogP contribution in [0.3, 0.4) is 0 Å². The zero-order valence-corrected chi connectivity index (χ0v) is 12.3. The van der Waals surface area contributed by atoms with Crippen molar-refractivity contribution in [2.24, 2.45) is 0 Å². The highest BCUT2D eigenvalue weighted by molar-refractivity contribution is 5.91. The Morgan fingerprint density at radius 3 is 2.65 bits per heavy atom. The zero-order chi connectivity index (χ0) is 14.8. The number of rotatable bonds is 8. The standard InChI is InChI=1S/C17H23NO2/c1-4-15-5-7-16(8-6-15)9-10-17(19)18-11-12-20-13-14(2)3/h5-10H,2,4,11-13H2,1,3H3,(H,18,19)/b10-9+. The number of carbonyl (C=O) groups is 1. The van der Waals surface area contributed by atoms with Crippen molar-refractivity contribution in [3.05, 3.63) is 53.6 Å². The summed E-state index contributed by atoms with van der Waals surface area (Å²) in [6.45, 7) is 9.31. The summed E-state index contributed by atoms with van der Waals surface area (Å²) in [5, 5.41) is 2.77. The van der Waals surface area contributed by atoms with E-state index in [2.05, 4.69) is 31.0 Å². The third-order valence-electron chi connectivity index (χ3n) is 2.71. The molecule has 20 heavy (non-hydrogen) atoms. The molecule has 0 spiro atoms. The molecule has 1 aromatic rings. The van der Waals surface area contributed by atoms with E-state index in [9.17, 15) is 4.79 Å². The summed E-state index contributed by atoms with van der Waals surface area (Å²) in [7, 11) is 0. The maximum absolute atomic E-state index is 11.6. The van der Waals surface area contributed by atoms with Crippen molar-refractivity contribution < 1.29 is 9.53 Å². The van der Waals surface area contributed by atoms with Crippen molar-refractivity contribution in [2.45, 2.75) is 20.3 Å². The van der Waals surface area contributed by atoms with Crippen LogP contribution in [0.2, 0.25) is 0 Å². The second-order valence-corrected chi connectivity index (χ2v) is 4.73. The van der Waals surface area contributed by atoms with Crippen LogP contribution in [0.4, 0.5) is 0 Å². The van der Waals surface area contributed by atoms with Crippen LogP contribution in [0.15, 0.2) is 42.5 Å². The summed E-state index contributed by atoms with van der Waals surface area (Å²) in [5.41, 5.74) is 3.30. The molecule has 0 atom stereocenters. The molecule has 1 aromatic carbocycles. The number of carbonyl (C=O) groups excluding carboxylic acids is 1. The van der Waals surface area contributed by atoms with E-state index in [4.69, 9.17) is 4.74 Å². The van der Waals surface area contributed by atoms with Gasteiger partial charge in [0.25, 0.3) is 0 Å². The molecule has 0 saturated carbocycles. The van der Waals surface area contributed by atoms with Crippen LogP contribution in [0.5, 0.6) is 0 Å². The summed E-state index contributed by atoms with van der Waals surface area (Å²) >= 11 is 0. The first-order valence-corrected chi connectivity index (χ1v) is 6.88. The fourth-order valence-electron chi connectivity index (χ4n) is 1.59. The molecule has 108 valence electrons. The van der Waals surface area contributed by atoms with Crippen molar-refractivity contribution in [3.8, 4) is 0 Å². The van der Waals surface area contributed by atoms with Gasteiger partial charge in [0.2, 0.25) is 5.91 Å². The number of benzene rings is 1. The first kappa shape index (κ1) is 16.2. The third kappa shape index (κ3) is 6.90. The average Bonchev–Trinajstić information content (AvgIpc) is 2.45. The van der Waals surface area contributed by atoms with Crippen molar-refractivity contribution in [2.75, 3.05) is 19.8 Å². The van der Waals surface area contributed by atoms with E-state index in [-0.39, 0.29) is 5.91 Å². The van der Waals surface area contributed by atoms with Crippen molar-refractivity contribution >= 4 is 12.0 Å². The number of aryl methyl sites for hydroxylation is 1. The van der Waals surface area contributed by atoms with Gasteiger partial charge in [-0.15, -0.1) is 0 Å².